The van der Waals surface area contributed by atoms with Crippen LogP contribution >= 0.6 is 0 Å². The first-order valence-corrected chi connectivity index (χ1v) is 20.4. The number of piperidine rings is 1. The molecular weight excluding hydrogens is 574 g/mol. The van der Waals surface area contributed by atoms with Gasteiger partial charge in [0.15, 0.2) is 5.79 Å². The van der Waals surface area contributed by atoms with Crippen LogP contribution in [-0.2, 0) is 9.47 Å². The molecule has 3 nitrogen and oxygen atoms in total. The van der Waals surface area contributed by atoms with Gasteiger partial charge in [0, 0.05) is 25.9 Å². The maximum absolute atomic E-state index is 7.00. The van der Waals surface area contributed by atoms with Crippen molar-refractivity contribution in [3.8, 4) is 0 Å². The minimum absolute atomic E-state index is 0.0275. The first-order chi connectivity index (χ1) is 23.1. The van der Waals surface area contributed by atoms with Crippen molar-refractivity contribution in [2.45, 2.75) is 192 Å². The molecule has 1 spiro atoms. The Morgan fingerprint density at radius 2 is 0.936 bits per heavy atom. The van der Waals surface area contributed by atoms with Gasteiger partial charge in [-0.2, -0.15) is 0 Å². The van der Waals surface area contributed by atoms with E-state index in [2.05, 4.69) is 86.6 Å². The first-order valence-electron chi connectivity index (χ1n) is 20.4. The summed E-state index contributed by atoms with van der Waals surface area (Å²) in [5, 5.41) is 0. The van der Waals surface area contributed by atoms with Gasteiger partial charge in [0.05, 0.1) is 12.2 Å². The van der Waals surface area contributed by atoms with E-state index in [1.807, 2.05) is 0 Å². The summed E-state index contributed by atoms with van der Waals surface area (Å²) in [5.41, 5.74) is -0.0275. The van der Waals surface area contributed by atoms with Gasteiger partial charge in [0.25, 0.3) is 0 Å². The first kappa shape index (κ1) is 41.7. The van der Waals surface area contributed by atoms with Crippen LogP contribution in [0.25, 0.3) is 0 Å². The van der Waals surface area contributed by atoms with E-state index in [9.17, 15) is 0 Å². The SMILES string of the molecule is CC/C=C\C/C=C\C/C=C\CCCCCCCC[C@@]1(CCCCCCCC/C=C\C/C=C\CCCCC)OCC2(CCN(C)CC2)O1. The summed E-state index contributed by atoms with van der Waals surface area (Å²) >= 11 is 0. The minimum Gasteiger partial charge on any atom is -0.347 e. The summed E-state index contributed by atoms with van der Waals surface area (Å²) in [4.78, 5) is 2.44. The van der Waals surface area contributed by atoms with Gasteiger partial charge in [0.2, 0.25) is 0 Å². The highest BCUT2D eigenvalue weighted by Gasteiger charge is 2.50. The fraction of sp³-hybridized carbons (Fsp3) is 0.773. The third-order valence-corrected chi connectivity index (χ3v) is 10.1. The largest absolute Gasteiger partial charge is 0.347 e. The molecule has 2 rings (SSSR count). The van der Waals surface area contributed by atoms with Gasteiger partial charge in [-0.3, -0.25) is 0 Å². The summed E-state index contributed by atoms with van der Waals surface area (Å²) in [6, 6.07) is 0. The van der Waals surface area contributed by atoms with Crippen LogP contribution < -0.4 is 0 Å². The number of nitrogens with zero attached hydrogens (tertiary/aromatic N) is 1. The van der Waals surface area contributed by atoms with E-state index in [1.54, 1.807) is 0 Å². The Morgan fingerprint density at radius 1 is 0.511 bits per heavy atom. The molecule has 2 saturated heterocycles. The molecule has 2 aliphatic rings. The molecule has 2 aliphatic heterocycles. The van der Waals surface area contributed by atoms with Crippen LogP contribution in [0.4, 0.5) is 0 Å². The van der Waals surface area contributed by atoms with E-state index >= 15 is 0 Å². The van der Waals surface area contributed by atoms with E-state index in [0.717, 1.165) is 71.1 Å². The number of hydrogen-bond acceptors (Lipinski definition) is 3. The summed E-state index contributed by atoms with van der Waals surface area (Å²) < 4.78 is 13.6. The summed E-state index contributed by atoms with van der Waals surface area (Å²) in [5.74, 6) is -0.323. The van der Waals surface area contributed by atoms with Crippen molar-refractivity contribution in [3.05, 3.63) is 60.8 Å². The predicted molar refractivity (Wildman–Crippen MR) is 207 cm³/mol. The summed E-state index contributed by atoms with van der Waals surface area (Å²) in [6.45, 7) is 7.53. The molecule has 0 bridgehead atoms. The van der Waals surface area contributed by atoms with Gasteiger partial charge in [-0.25, -0.2) is 0 Å². The molecule has 0 aromatic rings. The zero-order valence-electron chi connectivity index (χ0n) is 31.5. The van der Waals surface area contributed by atoms with E-state index in [0.29, 0.717) is 0 Å². The Morgan fingerprint density at radius 3 is 1.43 bits per heavy atom. The molecule has 0 amide bonds. The molecule has 1 atom stereocenters. The van der Waals surface area contributed by atoms with Gasteiger partial charge in [-0.15, -0.1) is 0 Å². The molecule has 2 heterocycles. The molecule has 0 unspecified atom stereocenters. The minimum atomic E-state index is -0.323. The molecule has 0 radical (unpaired) electrons. The summed E-state index contributed by atoms with van der Waals surface area (Å²) in [6.07, 6.45) is 55.5. The molecule has 3 heteroatoms. The van der Waals surface area contributed by atoms with Crippen LogP contribution in [0.15, 0.2) is 60.8 Å². The average molecular weight is 652 g/mol. The molecule has 0 aromatic carbocycles. The quantitative estimate of drug-likeness (QED) is 0.0593. The monoisotopic (exact) mass is 652 g/mol. The second-order valence-electron chi connectivity index (χ2n) is 14.6. The number of unbranched alkanes of at least 4 members (excludes halogenated alkanes) is 15. The van der Waals surface area contributed by atoms with Crippen LogP contribution in [0.3, 0.4) is 0 Å². The number of rotatable bonds is 29. The fourth-order valence-electron chi connectivity index (χ4n) is 6.93. The zero-order valence-corrected chi connectivity index (χ0v) is 31.5. The number of ether oxygens (including phenoxy) is 2. The highest BCUT2D eigenvalue weighted by molar-refractivity contribution is 4.97. The van der Waals surface area contributed by atoms with Gasteiger partial charge in [-0.05, 0) is 96.9 Å². The number of allylic oxidation sites excluding steroid dienone is 10. The van der Waals surface area contributed by atoms with Crippen molar-refractivity contribution >= 4 is 0 Å². The smallest absolute Gasteiger partial charge is 0.169 e. The lowest BCUT2D eigenvalue weighted by atomic mass is 9.92. The Hall–Kier alpha value is -1.42. The normalized spacial score (nSPS) is 20.6. The van der Waals surface area contributed by atoms with Crippen molar-refractivity contribution in [2.24, 2.45) is 0 Å². The number of likely N-dealkylation sites (tertiary alicyclic amines) is 1. The molecule has 0 aliphatic carbocycles. The lowest BCUT2D eigenvalue weighted by Gasteiger charge is -2.38. The Balaban J connectivity index is 1.56. The molecule has 47 heavy (non-hydrogen) atoms. The Bertz CT molecular complexity index is 862. The highest BCUT2D eigenvalue weighted by Crippen LogP contribution is 2.43. The second kappa shape index (κ2) is 28.4. The maximum atomic E-state index is 7.00. The van der Waals surface area contributed by atoms with Crippen LogP contribution in [0.5, 0.6) is 0 Å². The third kappa shape index (κ3) is 21.3. The molecule has 0 aromatic heterocycles. The van der Waals surface area contributed by atoms with Crippen molar-refractivity contribution in [1.82, 2.24) is 4.90 Å². The van der Waals surface area contributed by atoms with Gasteiger partial charge < -0.3 is 14.4 Å². The van der Waals surface area contributed by atoms with Gasteiger partial charge in [0.1, 0.15) is 0 Å². The van der Waals surface area contributed by atoms with Crippen LogP contribution in [0.2, 0.25) is 0 Å². The molecule has 0 N–H and O–H groups in total. The fourth-order valence-corrected chi connectivity index (χ4v) is 6.93. The van der Waals surface area contributed by atoms with E-state index in [-0.39, 0.29) is 11.4 Å². The Kier molecular flexibility index (Phi) is 25.2. The van der Waals surface area contributed by atoms with Crippen molar-refractivity contribution in [3.63, 3.8) is 0 Å². The third-order valence-electron chi connectivity index (χ3n) is 10.1. The zero-order chi connectivity index (χ0) is 33.6. The lowest BCUT2D eigenvalue weighted by Crippen LogP contribution is -2.46. The van der Waals surface area contributed by atoms with E-state index in [4.69, 9.17) is 9.47 Å². The lowest BCUT2D eigenvalue weighted by molar-refractivity contribution is -0.204. The topological polar surface area (TPSA) is 21.7 Å². The molecule has 270 valence electrons. The van der Waals surface area contributed by atoms with E-state index < -0.39 is 0 Å². The standard InChI is InChI=1S/C44H77NO2/c1-4-6-8-10-12-14-16-18-20-22-24-26-28-30-32-34-36-44(46-42-43(47-44)38-40-45(3)41-39-43)37-35-33-31-29-27-25-23-21-19-17-15-13-11-9-7-5-2/h6,8,12-15,18-21H,4-5,7,9-11,16-17,22-42H2,1-3H3/b8-6-,14-12-,15-13-,20-18-,21-19-/t44-/m1/s1. The average Bonchev–Trinajstić information content (AvgIpc) is 3.43. The Labute approximate surface area is 293 Å². The maximum Gasteiger partial charge on any atom is 0.169 e. The van der Waals surface area contributed by atoms with Gasteiger partial charge >= 0.3 is 0 Å². The highest BCUT2D eigenvalue weighted by atomic mass is 16.8. The molecule has 2 fully saturated rings. The molecular formula is C44H77NO2. The second-order valence-corrected chi connectivity index (χ2v) is 14.6. The van der Waals surface area contributed by atoms with Crippen molar-refractivity contribution in [1.29, 1.82) is 0 Å². The molecule has 0 saturated carbocycles. The van der Waals surface area contributed by atoms with Crippen LogP contribution in [0, 0.1) is 0 Å². The van der Waals surface area contributed by atoms with Gasteiger partial charge in [-0.1, -0.05) is 139 Å². The van der Waals surface area contributed by atoms with Crippen LogP contribution in [-0.4, -0.2) is 43.0 Å². The van der Waals surface area contributed by atoms with Crippen molar-refractivity contribution < 1.29 is 9.47 Å². The van der Waals surface area contributed by atoms with E-state index in [1.165, 1.54) is 116 Å². The summed E-state index contributed by atoms with van der Waals surface area (Å²) in [7, 11) is 2.24. The van der Waals surface area contributed by atoms with Crippen LogP contribution in [0.1, 0.15) is 181 Å². The van der Waals surface area contributed by atoms with Crippen molar-refractivity contribution in [2.75, 3.05) is 26.7 Å². The predicted octanol–water partition coefficient (Wildman–Crippen LogP) is 13.4. The number of hydrogen-bond donors (Lipinski definition) is 0.